The van der Waals surface area contributed by atoms with E-state index < -0.39 is 8.03 Å². The average molecular weight is 353 g/mol. The first-order valence-corrected chi connectivity index (χ1v) is 10.3. The average Bonchev–Trinajstić information content (AvgIpc) is 2.60. The number of aryl methyl sites for hydroxylation is 1. The summed E-state index contributed by atoms with van der Waals surface area (Å²) in [6, 6.07) is 7.49. The Bertz CT molecular complexity index is 502. The van der Waals surface area contributed by atoms with E-state index >= 15 is 0 Å². The summed E-state index contributed by atoms with van der Waals surface area (Å²) in [5.41, 5.74) is 1.65. The first-order valence-electron chi connectivity index (χ1n) is 8.92. The lowest BCUT2D eigenvalue weighted by Crippen LogP contribution is -2.07. The van der Waals surface area contributed by atoms with Gasteiger partial charge in [-0.15, -0.1) is 4.52 Å². The molecule has 0 aliphatic rings. The molecule has 5 heteroatoms. The van der Waals surface area contributed by atoms with Gasteiger partial charge in [0.15, 0.2) is 6.16 Å². The lowest BCUT2D eigenvalue weighted by Gasteiger charge is -2.06. The SMILES string of the molecule is CCCCCCCCOC(=O)c1cccc(CCC[P+](=O)OC)c1. The molecule has 1 aromatic rings. The number of ether oxygens (including phenoxy) is 1. The molecule has 134 valence electrons. The molecule has 24 heavy (non-hydrogen) atoms. The maximum atomic E-state index is 12.1. The largest absolute Gasteiger partial charge is 0.507 e. The van der Waals surface area contributed by atoms with E-state index in [0.717, 1.165) is 31.2 Å². The number of unbranched alkanes of at least 4 members (excludes halogenated alkanes) is 5. The van der Waals surface area contributed by atoms with Crippen molar-refractivity contribution in [2.75, 3.05) is 19.9 Å². The van der Waals surface area contributed by atoms with Crippen LogP contribution in [-0.2, 0) is 20.2 Å². The number of hydrogen-bond acceptors (Lipinski definition) is 4. The molecule has 0 aliphatic carbocycles. The van der Waals surface area contributed by atoms with E-state index in [-0.39, 0.29) is 5.97 Å². The van der Waals surface area contributed by atoms with E-state index in [2.05, 4.69) is 6.92 Å². The topological polar surface area (TPSA) is 52.6 Å². The Morgan fingerprint density at radius 2 is 1.83 bits per heavy atom. The smallest absolute Gasteiger partial charge is 0.462 e. The Morgan fingerprint density at radius 3 is 2.58 bits per heavy atom. The van der Waals surface area contributed by atoms with Crippen LogP contribution in [0.2, 0.25) is 0 Å². The summed E-state index contributed by atoms with van der Waals surface area (Å²) in [5.74, 6) is -0.256. The second-order valence-electron chi connectivity index (χ2n) is 5.95. The Balaban J connectivity index is 2.29. The normalized spacial score (nSPS) is 11.3. The van der Waals surface area contributed by atoms with Crippen LogP contribution in [0.1, 0.15) is 67.8 Å². The van der Waals surface area contributed by atoms with Crippen LogP contribution in [0.15, 0.2) is 24.3 Å². The molecule has 0 aromatic heterocycles. The van der Waals surface area contributed by atoms with Crippen molar-refractivity contribution >= 4 is 14.0 Å². The molecular weight excluding hydrogens is 323 g/mol. The predicted molar refractivity (Wildman–Crippen MR) is 97.9 cm³/mol. The van der Waals surface area contributed by atoms with Gasteiger partial charge in [0.1, 0.15) is 0 Å². The minimum Gasteiger partial charge on any atom is -0.462 e. The summed E-state index contributed by atoms with van der Waals surface area (Å²) in [6.45, 7) is 2.69. The van der Waals surface area contributed by atoms with E-state index in [9.17, 15) is 9.36 Å². The van der Waals surface area contributed by atoms with Crippen LogP contribution in [0.4, 0.5) is 0 Å². The fourth-order valence-corrected chi connectivity index (χ4v) is 3.09. The highest BCUT2D eigenvalue weighted by molar-refractivity contribution is 7.39. The second-order valence-corrected chi connectivity index (χ2v) is 7.42. The fraction of sp³-hybridized carbons (Fsp3) is 0.632. The van der Waals surface area contributed by atoms with Crippen molar-refractivity contribution in [2.24, 2.45) is 0 Å². The zero-order chi connectivity index (χ0) is 17.6. The van der Waals surface area contributed by atoms with E-state index in [1.807, 2.05) is 18.2 Å². The van der Waals surface area contributed by atoms with Crippen LogP contribution in [-0.4, -0.2) is 25.8 Å². The maximum absolute atomic E-state index is 12.1. The molecule has 1 unspecified atom stereocenters. The summed E-state index contributed by atoms with van der Waals surface area (Å²) in [4.78, 5) is 12.1. The molecule has 1 rings (SSSR count). The lowest BCUT2D eigenvalue weighted by atomic mass is 10.1. The molecule has 0 fully saturated rings. The highest BCUT2D eigenvalue weighted by Crippen LogP contribution is 2.22. The van der Waals surface area contributed by atoms with Crippen molar-refractivity contribution in [1.29, 1.82) is 0 Å². The number of carbonyl (C=O) groups is 1. The number of rotatable bonds is 13. The predicted octanol–water partition coefficient (Wildman–Crippen LogP) is 5.53. The number of carbonyl (C=O) groups excluding carboxylic acids is 1. The monoisotopic (exact) mass is 353 g/mol. The van der Waals surface area contributed by atoms with Gasteiger partial charge in [-0.05, 0) is 41.5 Å². The molecule has 0 radical (unpaired) electrons. The molecule has 0 saturated heterocycles. The molecule has 0 bridgehead atoms. The molecular formula is C19H30O4P+. The zero-order valence-electron chi connectivity index (χ0n) is 15.0. The molecule has 0 amide bonds. The molecule has 0 saturated carbocycles. The van der Waals surface area contributed by atoms with Crippen LogP contribution in [0.25, 0.3) is 0 Å². The van der Waals surface area contributed by atoms with E-state index in [0.29, 0.717) is 18.3 Å². The maximum Gasteiger partial charge on any atom is 0.507 e. The third-order valence-corrected chi connectivity index (χ3v) is 4.99. The molecule has 0 spiro atoms. The third-order valence-electron chi connectivity index (χ3n) is 3.90. The Kier molecular flexibility index (Phi) is 11.3. The van der Waals surface area contributed by atoms with Gasteiger partial charge in [0.25, 0.3) is 0 Å². The van der Waals surface area contributed by atoms with Gasteiger partial charge in [-0.1, -0.05) is 51.2 Å². The summed E-state index contributed by atoms with van der Waals surface area (Å²) in [5, 5.41) is 0. The Labute approximate surface area is 146 Å². The highest BCUT2D eigenvalue weighted by Gasteiger charge is 2.14. The third kappa shape index (κ3) is 9.14. The fourth-order valence-electron chi connectivity index (χ4n) is 2.49. The summed E-state index contributed by atoms with van der Waals surface area (Å²) < 4.78 is 21.4. The zero-order valence-corrected chi connectivity index (χ0v) is 15.9. The summed E-state index contributed by atoms with van der Waals surface area (Å²) in [6.07, 6.45) is 9.15. The summed E-state index contributed by atoms with van der Waals surface area (Å²) in [7, 11) is -0.0949. The molecule has 0 N–H and O–H groups in total. The van der Waals surface area contributed by atoms with Gasteiger partial charge in [-0.25, -0.2) is 4.79 Å². The van der Waals surface area contributed by atoms with Crippen molar-refractivity contribution in [1.82, 2.24) is 0 Å². The van der Waals surface area contributed by atoms with E-state index in [1.165, 1.54) is 32.8 Å². The van der Waals surface area contributed by atoms with Crippen molar-refractivity contribution in [3.63, 3.8) is 0 Å². The van der Waals surface area contributed by atoms with Gasteiger partial charge >= 0.3 is 14.0 Å². The van der Waals surface area contributed by atoms with Crippen molar-refractivity contribution in [3.8, 4) is 0 Å². The molecule has 1 aromatic carbocycles. The molecule has 0 aliphatic heterocycles. The first-order chi connectivity index (χ1) is 11.7. The van der Waals surface area contributed by atoms with Crippen LogP contribution in [0.3, 0.4) is 0 Å². The van der Waals surface area contributed by atoms with Crippen LogP contribution >= 0.6 is 8.03 Å². The molecule has 0 heterocycles. The van der Waals surface area contributed by atoms with Crippen LogP contribution in [0, 0.1) is 0 Å². The quantitative estimate of drug-likeness (QED) is 0.266. The van der Waals surface area contributed by atoms with Gasteiger partial charge < -0.3 is 4.74 Å². The first kappa shape index (κ1) is 20.8. The number of hydrogen-bond donors (Lipinski definition) is 0. The van der Waals surface area contributed by atoms with Gasteiger partial charge in [0.05, 0.1) is 19.3 Å². The van der Waals surface area contributed by atoms with Gasteiger partial charge in [-0.2, -0.15) is 0 Å². The van der Waals surface area contributed by atoms with Gasteiger partial charge in [0, 0.05) is 0 Å². The van der Waals surface area contributed by atoms with E-state index in [4.69, 9.17) is 9.26 Å². The van der Waals surface area contributed by atoms with Gasteiger partial charge in [0.2, 0.25) is 0 Å². The van der Waals surface area contributed by atoms with Crippen LogP contribution in [0.5, 0.6) is 0 Å². The number of esters is 1. The number of benzene rings is 1. The van der Waals surface area contributed by atoms with Crippen molar-refractivity contribution < 1.29 is 18.6 Å². The molecule has 1 atom stereocenters. The molecule has 4 nitrogen and oxygen atoms in total. The van der Waals surface area contributed by atoms with Crippen LogP contribution < -0.4 is 0 Å². The van der Waals surface area contributed by atoms with Crippen molar-refractivity contribution in [3.05, 3.63) is 35.4 Å². The Hall–Kier alpha value is -1.25. The van der Waals surface area contributed by atoms with Crippen molar-refractivity contribution in [2.45, 2.75) is 58.3 Å². The lowest BCUT2D eigenvalue weighted by molar-refractivity contribution is 0.0497. The Morgan fingerprint density at radius 1 is 1.08 bits per heavy atom. The van der Waals surface area contributed by atoms with Gasteiger partial charge in [-0.3, -0.25) is 0 Å². The minimum absolute atomic E-state index is 0.256. The standard InChI is InChI=1S/C19H30O4P/c1-3-4-5-6-7-8-14-23-19(20)18-13-9-11-17(16-18)12-10-15-24(21)22-2/h9,11,13,16H,3-8,10,12,14-15H2,1-2H3/q+1. The minimum atomic E-state index is -1.55. The second kappa shape index (κ2) is 13.1. The summed E-state index contributed by atoms with van der Waals surface area (Å²) >= 11 is 0. The highest BCUT2D eigenvalue weighted by atomic mass is 31.1. The van der Waals surface area contributed by atoms with E-state index in [1.54, 1.807) is 6.07 Å².